The monoisotopic (exact) mass is 177 g/mol. The molecule has 4 N–H and O–H groups in total. The Labute approximate surface area is 78.3 Å². The van der Waals surface area contributed by atoms with Crippen LogP contribution >= 0.6 is 0 Å². The summed E-state index contributed by atoms with van der Waals surface area (Å²) in [5, 5.41) is 6.68. The molecule has 70 valence electrons. The van der Waals surface area contributed by atoms with Crippen LogP contribution in [0, 0.1) is 0 Å². The van der Waals surface area contributed by atoms with E-state index in [4.69, 9.17) is 5.73 Å². The predicted octanol–water partition coefficient (Wildman–Crippen LogP) is 1.03. The summed E-state index contributed by atoms with van der Waals surface area (Å²) >= 11 is 0. The van der Waals surface area contributed by atoms with Crippen LogP contribution in [0.5, 0.6) is 0 Å². The van der Waals surface area contributed by atoms with Crippen molar-refractivity contribution >= 4 is 11.4 Å². The Balaban J connectivity index is 2.20. The van der Waals surface area contributed by atoms with Gasteiger partial charge in [0, 0.05) is 36.6 Å². The first-order valence-corrected chi connectivity index (χ1v) is 4.71. The standard InChI is InChI=1S/C10H15N3/c11-5-7-13-10-3-1-2-9-8(10)4-6-12-9/h1-3,12-13H,4-7,11H2. The third-order valence-electron chi connectivity index (χ3n) is 2.33. The Morgan fingerprint density at radius 3 is 3.23 bits per heavy atom. The van der Waals surface area contributed by atoms with Gasteiger partial charge in [-0.2, -0.15) is 0 Å². The second-order valence-corrected chi connectivity index (χ2v) is 3.22. The van der Waals surface area contributed by atoms with E-state index < -0.39 is 0 Å². The molecule has 0 atom stereocenters. The number of rotatable bonds is 3. The fourth-order valence-corrected chi connectivity index (χ4v) is 1.72. The van der Waals surface area contributed by atoms with Gasteiger partial charge in [-0.1, -0.05) is 6.07 Å². The van der Waals surface area contributed by atoms with Gasteiger partial charge in [0.2, 0.25) is 0 Å². The molecule has 0 amide bonds. The molecule has 1 aliphatic rings. The maximum Gasteiger partial charge on any atom is 0.0394 e. The van der Waals surface area contributed by atoms with E-state index in [1.165, 1.54) is 16.9 Å². The topological polar surface area (TPSA) is 50.1 Å². The normalized spacial score (nSPS) is 13.6. The average molecular weight is 177 g/mol. The lowest BCUT2D eigenvalue weighted by Gasteiger charge is -2.09. The molecule has 13 heavy (non-hydrogen) atoms. The van der Waals surface area contributed by atoms with Crippen molar-refractivity contribution in [1.29, 1.82) is 0 Å². The number of anilines is 2. The first-order chi connectivity index (χ1) is 6.42. The van der Waals surface area contributed by atoms with Gasteiger partial charge in [0.1, 0.15) is 0 Å². The fourth-order valence-electron chi connectivity index (χ4n) is 1.72. The van der Waals surface area contributed by atoms with Crippen molar-refractivity contribution in [1.82, 2.24) is 0 Å². The highest BCUT2D eigenvalue weighted by molar-refractivity contribution is 5.68. The SMILES string of the molecule is NCCNc1cccc2c1CCN2. The first kappa shape index (κ1) is 8.38. The van der Waals surface area contributed by atoms with Crippen LogP contribution in [0.1, 0.15) is 5.56 Å². The Morgan fingerprint density at radius 2 is 2.38 bits per heavy atom. The summed E-state index contributed by atoms with van der Waals surface area (Å²) in [5.74, 6) is 0. The molecule has 0 fully saturated rings. The highest BCUT2D eigenvalue weighted by Gasteiger charge is 2.12. The summed E-state index contributed by atoms with van der Waals surface area (Å²) in [4.78, 5) is 0. The van der Waals surface area contributed by atoms with Gasteiger partial charge in [-0.3, -0.25) is 0 Å². The van der Waals surface area contributed by atoms with Gasteiger partial charge in [0.25, 0.3) is 0 Å². The molecular formula is C10H15N3. The zero-order chi connectivity index (χ0) is 9.10. The summed E-state index contributed by atoms with van der Waals surface area (Å²) < 4.78 is 0. The zero-order valence-electron chi connectivity index (χ0n) is 7.64. The molecule has 3 nitrogen and oxygen atoms in total. The smallest absolute Gasteiger partial charge is 0.0394 e. The molecule has 0 aliphatic carbocycles. The summed E-state index contributed by atoms with van der Waals surface area (Å²) in [6, 6.07) is 6.30. The quantitative estimate of drug-likeness (QED) is 0.646. The lowest BCUT2D eigenvalue weighted by atomic mass is 10.1. The first-order valence-electron chi connectivity index (χ1n) is 4.71. The number of hydrogen-bond donors (Lipinski definition) is 3. The van der Waals surface area contributed by atoms with Crippen LogP contribution in [0.15, 0.2) is 18.2 Å². The number of fused-ring (bicyclic) bond motifs is 1. The number of hydrogen-bond acceptors (Lipinski definition) is 3. The van der Waals surface area contributed by atoms with Crippen LogP contribution in [-0.2, 0) is 6.42 Å². The van der Waals surface area contributed by atoms with E-state index in [1.807, 2.05) is 0 Å². The van der Waals surface area contributed by atoms with Crippen molar-refractivity contribution < 1.29 is 0 Å². The van der Waals surface area contributed by atoms with E-state index in [0.717, 1.165) is 19.5 Å². The molecule has 1 aromatic rings. The fraction of sp³-hybridized carbons (Fsp3) is 0.400. The summed E-state index contributed by atoms with van der Waals surface area (Å²) in [7, 11) is 0. The minimum Gasteiger partial charge on any atom is -0.384 e. The van der Waals surface area contributed by atoms with Gasteiger partial charge in [-0.25, -0.2) is 0 Å². The van der Waals surface area contributed by atoms with Crippen molar-refractivity contribution in [3.05, 3.63) is 23.8 Å². The minimum absolute atomic E-state index is 0.678. The highest BCUT2D eigenvalue weighted by atomic mass is 14.9. The largest absolute Gasteiger partial charge is 0.384 e. The molecule has 0 radical (unpaired) electrons. The number of nitrogens with two attached hydrogens (primary N) is 1. The molecule has 0 spiro atoms. The van der Waals surface area contributed by atoms with Crippen molar-refractivity contribution in [2.75, 3.05) is 30.3 Å². The van der Waals surface area contributed by atoms with E-state index in [1.54, 1.807) is 0 Å². The molecule has 0 unspecified atom stereocenters. The van der Waals surface area contributed by atoms with Crippen molar-refractivity contribution in [2.24, 2.45) is 5.73 Å². The highest BCUT2D eigenvalue weighted by Crippen LogP contribution is 2.28. The van der Waals surface area contributed by atoms with E-state index in [9.17, 15) is 0 Å². The van der Waals surface area contributed by atoms with Crippen LogP contribution in [0.3, 0.4) is 0 Å². The second-order valence-electron chi connectivity index (χ2n) is 3.22. The maximum atomic E-state index is 5.44. The van der Waals surface area contributed by atoms with Gasteiger partial charge >= 0.3 is 0 Å². The number of nitrogens with one attached hydrogen (secondary N) is 2. The molecule has 1 aromatic carbocycles. The van der Waals surface area contributed by atoms with Crippen LogP contribution in [0.2, 0.25) is 0 Å². The van der Waals surface area contributed by atoms with E-state index in [2.05, 4.69) is 28.8 Å². The van der Waals surface area contributed by atoms with Crippen LogP contribution in [0.4, 0.5) is 11.4 Å². The average Bonchev–Trinajstić information content (AvgIpc) is 2.62. The maximum absolute atomic E-state index is 5.44. The second kappa shape index (κ2) is 3.66. The summed E-state index contributed by atoms with van der Waals surface area (Å²) in [5.41, 5.74) is 9.34. The third-order valence-corrected chi connectivity index (χ3v) is 2.33. The lowest BCUT2D eigenvalue weighted by molar-refractivity contribution is 1.02. The Morgan fingerprint density at radius 1 is 1.46 bits per heavy atom. The zero-order valence-corrected chi connectivity index (χ0v) is 7.64. The Hall–Kier alpha value is -1.22. The molecule has 1 aliphatic heterocycles. The van der Waals surface area contributed by atoms with E-state index in [0.29, 0.717) is 6.54 Å². The minimum atomic E-state index is 0.678. The van der Waals surface area contributed by atoms with Crippen molar-refractivity contribution in [3.63, 3.8) is 0 Å². The van der Waals surface area contributed by atoms with Crippen molar-refractivity contribution in [3.8, 4) is 0 Å². The van der Waals surface area contributed by atoms with Crippen LogP contribution in [-0.4, -0.2) is 19.6 Å². The predicted molar refractivity (Wildman–Crippen MR) is 56.2 cm³/mol. The van der Waals surface area contributed by atoms with Gasteiger partial charge in [0.15, 0.2) is 0 Å². The molecule has 0 saturated carbocycles. The Kier molecular flexibility index (Phi) is 2.36. The van der Waals surface area contributed by atoms with Gasteiger partial charge in [0.05, 0.1) is 0 Å². The van der Waals surface area contributed by atoms with E-state index in [-0.39, 0.29) is 0 Å². The Bertz CT molecular complexity index is 296. The summed E-state index contributed by atoms with van der Waals surface area (Å²) in [6.07, 6.45) is 1.11. The van der Waals surface area contributed by atoms with Gasteiger partial charge in [-0.15, -0.1) is 0 Å². The molecule has 0 saturated heterocycles. The summed E-state index contributed by atoms with van der Waals surface area (Å²) in [6.45, 7) is 2.57. The van der Waals surface area contributed by atoms with Crippen molar-refractivity contribution in [2.45, 2.75) is 6.42 Å². The molecular weight excluding hydrogens is 162 g/mol. The molecule has 2 rings (SSSR count). The third kappa shape index (κ3) is 1.60. The number of benzene rings is 1. The molecule has 0 aromatic heterocycles. The van der Waals surface area contributed by atoms with Gasteiger partial charge < -0.3 is 16.4 Å². The van der Waals surface area contributed by atoms with Crippen LogP contribution in [0.25, 0.3) is 0 Å². The van der Waals surface area contributed by atoms with Crippen LogP contribution < -0.4 is 16.4 Å². The lowest BCUT2D eigenvalue weighted by Crippen LogP contribution is -2.13. The molecule has 0 bridgehead atoms. The molecule has 1 heterocycles. The molecule has 3 heteroatoms. The van der Waals surface area contributed by atoms with Gasteiger partial charge in [-0.05, 0) is 18.6 Å². The van der Waals surface area contributed by atoms with E-state index >= 15 is 0 Å².